The van der Waals surface area contributed by atoms with Gasteiger partial charge in [0.1, 0.15) is 5.69 Å². The van der Waals surface area contributed by atoms with Crippen LogP contribution >= 0.6 is 11.8 Å². The van der Waals surface area contributed by atoms with E-state index in [4.69, 9.17) is 14.0 Å². The number of nitrogens with one attached hydrogen (secondary N) is 1. The molecule has 0 atom stereocenters. The van der Waals surface area contributed by atoms with Crippen LogP contribution in [0, 0.1) is 0 Å². The highest BCUT2D eigenvalue weighted by atomic mass is 32.2. The quantitative estimate of drug-likeness (QED) is 0.621. The molecule has 3 aromatic rings. The van der Waals surface area contributed by atoms with Gasteiger partial charge in [0, 0.05) is 16.5 Å². The maximum atomic E-state index is 12.4. The molecular weight excluding hydrogens is 364 g/mol. The third-order valence-electron chi connectivity index (χ3n) is 4.01. The average Bonchev–Trinajstić information content (AvgIpc) is 3.20. The number of carbonyl (C=O) groups is 1. The fourth-order valence-electron chi connectivity index (χ4n) is 2.62. The monoisotopic (exact) mass is 384 g/mol. The van der Waals surface area contributed by atoms with Crippen LogP contribution in [-0.4, -0.2) is 31.5 Å². The summed E-state index contributed by atoms with van der Waals surface area (Å²) < 4.78 is 16.0. The highest BCUT2D eigenvalue weighted by Crippen LogP contribution is 2.32. The van der Waals surface area contributed by atoms with Crippen LogP contribution in [-0.2, 0) is 6.54 Å². The van der Waals surface area contributed by atoms with Gasteiger partial charge in [0.25, 0.3) is 5.91 Å². The summed E-state index contributed by atoms with van der Waals surface area (Å²) in [6.45, 7) is 0.276. The van der Waals surface area contributed by atoms with Gasteiger partial charge in [0.05, 0.1) is 26.3 Å². The van der Waals surface area contributed by atoms with Gasteiger partial charge in [-0.15, -0.1) is 11.8 Å². The normalized spacial score (nSPS) is 10.5. The van der Waals surface area contributed by atoms with Crippen molar-refractivity contribution in [2.75, 3.05) is 20.5 Å². The Morgan fingerprint density at radius 2 is 1.89 bits per heavy atom. The summed E-state index contributed by atoms with van der Waals surface area (Å²) in [5.74, 6) is 1.69. The number of nitrogens with zero attached hydrogens (tertiary/aromatic N) is 1. The predicted octanol–water partition coefficient (Wildman–Crippen LogP) is 4.01. The van der Waals surface area contributed by atoms with Gasteiger partial charge in [-0.25, -0.2) is 0 Å². The number of amides is 1. The topological polar surface area (TPSA) is 73.6 Å². The van der Waals surface area contributed by atoms with Crippen molar-refractivity contribution in [2.45, 2.75) is 11.4 Å². The molecule has 0 fully saturated rings. The molecule has 2 aromatic carbocycles. The van der Waals surface area contributed by atoms with Gasteiger partial charge in [0.15, 0.2) is 17.3 Å². The molecule has 27 heavy (non-hydrogen) atoms. The summed E-state index contributed by atoms with van der Waals surface area (Å²) in [6.07, 6.45) is 1.94. The molecule has 0 aliphatic carbocycles. The van der Waals surface area contributed by atoms with Gasteiger partial charge in [-0.1, -0.05) is 17.3 Å². The third kappa shape index (κ3) is 4.25. The van der Waals surface area contributed by atoms with Crippen molar-refractivity contribution in [3.63, 3.8) is 0 Å². The lowest BCUT2D eigenvalue weighted by Crippen LogP contribution is -2.23. The largest absolute Gasteiger partial charge is 0.493 e. The highest BCUT2D eigenvalue weighted by Gasteiger charge is 2.13. The summed E-state index contributed by atoms with van der Waals surface area (Å²) in [6, 6.07) is 14.8. The smallest absolute Gasteiger partial charge is 0.252 e. The second kappa shape index (κ2) is 8.64. The van der Waals surface area contributed by atoms with E-state index in [2.05, 4.69) is 10.5 Å². The van der Waals surface area contributed by atoms with E-state index in [-0.39, 0.29) is 12.5 Å². The number of rotatable bonds is 7. The first-order chi connectivity index (χ1) is 13.2. The SMILES string of the molecule is COc1ccc(-c2cc(CNC(=O)c3ccccc3SC)no2)cc1OC. The molecule has 1 amide bonds. The number of ether oxygens (including phenoxy) is 2. The lowest BCUT2D eigenvalue weighted by Gasteiger charge is -2.07. The summed E-state index contributed by atoms with van der Waals surface area (Å²) in [7, 11) is 3.16. The molecule has 0 saturated carbocycles. The molecule has 1 aromatic heterocycles. The van der Waals surface area contributed by atoms with Crippen LogP contribution in [0.15, 0.2) is 57.9 Å². The van der Waals surface area contributed by atoms with E-state index in [1.807, 2.05) is 36.6 Å². The lowest BCUT2D eigenvalue weighted by atomic mass is 10.1. The van der Waals surface area contributed by atoms with E-state index in [1.54, 1.807) is 32.4 Å². The standard InChI is InChI=1S/C20H20N2O4S/c1-24-16-9-8-13(10-18(16)25-2)17-11-14(22-26-17)12-21-20(23)15-6-4-5-7-19(15)27-3/h4-11H,12H2,1-3H3,(H,21,23). The molecule has 0 aliphatic heterocycles. The molecule has 0 unspecified atom stereocenters. The van der Waals surface area contributed by atoms with Gasteiger partial charge in [0.2, 0.25) is 0 Å². The Labute approximate surface area is 161 Å². The molecule has 0 spiro atoms. The fraction of sp³-hybridized carbons (Fsp3) is 0.200. The first-order valence-electron chi connectivity index (χ1n) is 8.25. The molecule has 0 radical (unpaired) electrons. The lowest BCUT2D eigenvalue weighted by molar-refractivity contribution is 0.0947. The van der Waals surface area contributed by atoms with E-state index < -0.39 is 0 Å². The second-order valence-corrected chi connectivity index (χ2v) is 6.48. The van der Waals surface area contributed by atoms with Crippen LogP contribution in [0.2, 0.25) is 0 Å². The minimum Gasteiger partial charge on any atom is -0.493 e. The maximum absolute atomic E-state index is 12.4. The van der Waals surface area contributed by atoms with E-state index in [0.29, 0.717) is 28.5 Å². The minimum atomic E-state index is -0.143. The Kier molecular flexibility index (Phi) is 6.03. The van der Waals surface area contributed by atoms with E-state index in [1.165, 1.54) is 11.8 Å². The van der Waals surface area contributed by atoms with Crippen LogP contribution in [0.4, 0.5) is 0 Å². The van der Waals surface area contributed by atoms with Crippen molar-refractivity contribution in [2.24, 2.45) is 0 Å². The molecule has 1 N–H and O–H groups in total. The summed E-state index contributed by atoms with van der Waals surface area (Å²) in [5, 5.41) is 6.91. The van der Waals surface area contributed by atoms with Crippen molar-refractivity contribution in [1.82, 2.24) is 10.5 Å². The Morgan fingerprint density at radius 1 is 1.11 bits per heavy atom. The highest BCUT2D eigenvalue weighted by molar-refractivity contribution is 7.98. The van der Waals surface area contributed by atoms with Crippen LogP contribution < -0.4 is 14.8 Å². The number of aromatic nitrogens is 1. The maximum Gasteiger partial charge on any atom is 0.252 e. The Morgan fingerprint density at radius 3 is 2.63 bits per heavy atom. The van der Waals surface area contributed by atoms with Gasteiger partial charge < -0.3 is 19.3 Å². The first-order valence-corrected chi connectivity index (χ1v) is 9.48. The van der Waals surface area contributed by atoms with Crippen molar-refractivity contribution in [3.05, 3.63) is 59.8 Å². The number of hydrogen-bond donors (Lipinski definition) is 1. The van der Waals surface area contributed by atoms with E-state index in [0.717, 1.165) is 10.5 Å². The zero-order valence-corrected chi connectivity index (χ0v) is 16.1. The van der Waals surface area contributed by atoms with Gasteiger partial charge in [-0.05, 0) is 36.6 Å². The van der Waals surface area contributed by atoms with Crippen LogP contribution in [0.1, 0.15) is 16.1 Å². The van der Waals surface area contributed by atoms with Crippen LogP contribution in [0.25, 0.3) is 11.3 Å². The van der Waals surface area contributed by atoms with Crippen molar-refractivity contribution >= 4 is 17.7 Å². The molecule has 3 rings (SSSR count). The Bertz CT molecular complexity index is 939. The number of benzene rings is 2. The van der Waals surface area contributed by atoms with E-state index in [9.17, 15) is 4.79 Å². The molecule has 1 heterocycles. The summed E-state index contributed by atoms with van der Waals surface area (Å²) in [4.78, 5) is 13.3. The zero-order valence-electron chi connectivity index (χ0n) is 15.3. The second-order valence-electron chi connectivity index (χ2n) is 5.64. The molecule has 0 aliphatic rings. The summed E-state index contributed by atoms with van der Waals surface area (Å²) in [5.41, 5.74) is 2.09. The predicted molar refractivity (Wildman–Crippen MR) is 104 cm³/mol. The molecule has 0 bridgehead atoms. The molecule has 7 heteroatoms. The zero-order chi connectivity index (χ0) is 19.2. The summed E-state index contributed by atoms with van der Waals surface area (Å²) >= 11 is 1.54. The third-order valence-corrected chi connectivity index (χ3v) is 4.80. The number of thioether (sulfide) groups is 1. The van der Waals surface area contributed by atoms with Gasteiger partial charge in [-0.2, -0.15) is 0 Å². The van der Waals surface area contributed by atoms with Crippen molar-refractivity contribution in [3.8, 4) is 22.8 Å². The fourth-order valence-corrected chi connectivity index (χ4v) is 3.21. The van der Waals surface area contributed by atoms with Crippen LogP contribution in [0.3, 0.4) is 0 Å². The number of methoxy groups -OCH3 is 2. The van der Waals surface area contributed by atoms with Crippen molar-refractivity contribution in [1.29, 1.82) is 0 Å². The van der Waals surface area contributed by atoms with Crippen molar-refractivity contribution < 1.29 is 18.8 Å². The Hall–Kier alpha value is -2.93. The molecular formula is C20H20N2O4S. The molecule has 6 nitrogen and oxygen atoms in total. The number of carbonyl (C=O) groups excluding carboxylic acids is 1. The minimum absolute atomic E-state index is 0.143. The molecule has 140 valence electrons. The first kappa shape index (κ1) is 18.8. The van der Waals surface area contributed by atoms with E-state index >= 15 is 0 Å². The number of hydrogen-bond acceptors (Lipinski definition) is 6. The van der Waals surface area contributed by atoms with Gasteiger partial charge in [-0.3, -0.25) is 4.79 Å². The van der Waals surface area contributed by atoms with Crippen LogP contribution in [0.5, 0.6) is 11.5 Å². The van der Waals surface area contributed by atoms with Gasteiger partial charge >= 0.3 is 0 Å². The average molecular weight is 384 g/mol. The Balaban J connectivity index is 1.70. The molecule has 0 saturated heterocycles.